The molecule has 2 unspecified atom stereocenters. The van der Waals surface area contributed by atoms with E-state index in [1.807, 2.05) is 30.3 Å². The van der Waals surface area contributed by atoms with Crippen LogP contribution in [0.5, 0.6) is 0 Å². The van der Waals surface area contributed by atoms with Crippen LogP contribution >= 0.6 is 0 Å². The van der Waals surface area contributed by atoms with Gasteiger partial charge >= 0.3 is 0 Å². The lowest BCUT2D eigenvalue weighted by Gasteiger charge is -2.20. The van der Waals surface area contributed by atoms with Gasteiger partial charge in [-0.2, -0.15) is 0 Å². The number of fused-ring (bicyclic) bond motifs is 7. The van der Waals surface area contributed by atoms with Crippen molar-refractivity contribution < 1.29 is 4.79 Å². The summed E-state index contributed by atoms with van der Waals surface area (Å²) in [5, 5.41) is 0. The van der Waals surface area contributed by atoms with Gasteiger partial charge in [-0.3, -0.25) is 4.79 Å². The van der Waals surface area contributed by atoms with Gasteiger partial charge in [0.05, 0.1) is 5.41 Å². The third kappa shape index (κ3) is 1.21. The van der Waals surface area contributed by atoms with Crippen molar-refractivity contribution in [3.05, 3.63) is 107 Å². The summed E-state index contributed by atoms with van der Waals surface area (Å²) in [6.07, 6.45) is 0. The summed E-state index contributed by atoms with van der Waals surface area (Å²) in [5.74, 6) is 1.28. The van der Waals surface area contributed by atoms with Crippen molar-refractivity contribution in [1.82, 2.24) is 0 Å². The monoisotopic (exact) mass is 308 g/mol. The molecule has 0 radical (unpaired) electrons. The van der Waals surface area contributed by atoms with E-state index in [-0.39, 0.29) is 11.3 Å². The summed E-state index contributed by atoms with van der Waals surface area (Å²) in [6, 6.07) is 27.2. The third-order valence-electron chi connectivity index (χ3n) is 6.44. The molecule has 3 aliphatic rings. The standard InChI is InChI=1S/C23H16O/c24-22(14-8-2-1-3-9-14)23-19-15-10-4-6-12-17(15)20(23)21(23)18-13-7-5-11-16(18)19/h1-13,19-21H. The summed E-state index contributed by atoms with van der Waals surface area (Å²) in [6.45, 7) is 0. The van der Waals surface area contributed by atoms with Crippen molar-refractivity contribution in [3.8, 4) is 0 Å². The van der Waals surface area contributed by atoms with Gasteiger partial charge in [-0.1, -0.05) is 78.9 Å². The number of carbonyl (C=O) groups is 1. The third-order valence-corrected chi connectivity index (χ3v) is 6.44. The number of rotatable bonds is 2. The number of hydrogen-bond donors (Lipinski definition) is 0. The lowest BCUT2D eigenvalue weighted by molar-refractivity contribution is 0.0888. The Bertz CT molecular complexity index is 948. The molecule has 114 valence electrons. The molecule has 2 atom stereocenters. The van der Waals surface area contributed by atoms with Crippen molar-refractivity contribution in [3.63, 3.8) is 0 Å². The largest absolute Gasteiger partial charge is 0.293 e. The van der Waals surface area contributed by atoms with Gasteiger partial charge in [-0.05, 0) is 22.3 Å². The minimum Gasteiger partial charge on any atom is -0.293 e. The lowest BCUT2D eigenvalue weighted by Crippen LogP contribution is -2.22. The maximum Gasteiger partial charge on any atom is 0.171 e. The summed E-state index contributed by atoms with van der Waals surface area (Å²) >= 11 is 0. The van der Waals surface area contributed by atoms with E-state index in [4.69, 9.17) is 0 Å². The molecule has 0 bridgehead atoms. The number of carbonyl (C=O) groups excluding carboxylic acids is 1. The number of hydrogen-bond acceptors (Lipinski definition) is 1. The second-order valence-corrected chi connectivity index (χ2v) is 7.27. The van der Waals surface area contributed by atoms with Gasteiger partial charge in [-0.25, -0.2) is 0 Å². The molecule has 0 amide bonds. The Balaban J connectivity index is 1.62. The fraction of sp³-hybridized carbons (Fsp3) is 0.174. The van der Waals surface area contributed by atoms with Crippen LogP contribution in [-0.4, -0.2) is 5.78 Å². The highest BCUT2D eigenvalue weighted by Crippen LogP contribution is 2.86. The molecule has 0 N–H and O–H groups in total. The van der Waals surface area contributed by atoms with Crippen LogP contribution in [0, 0.1) is 5.41 Å². The second-order valence-electron chi connectivity index (χ2n) is 7.27. The Morgan fingerprint density at radius 1 is 0.625 bits per heavy atom. The van der Waals surface area contributed by atoms with Crippen LogP contribution in [0.1, 0.15) is 50.4 Å². The first-order chi connectivity index (χ1) is 11.8. The molecule has 0 saturated heterocycles. The van der Waals surface area contributed by atoms with Gasteiger partial charge in [0.25, 0.3) is 0 Å². The van der Waals surface area contributed by atoms with E-state index in [1.54, 1.807) is 0 Å². The van der Waals surface area contributed by atoms with E-state index in [2.05, 4.69) is 48.5 Å². The quantitative estimate of drug-likeness (QED) is 0.616. The Hall–Kier alpha value is -2.67. The van der Waals surface area contributed by atoms with E-state index in [1.165, 1.54) is 22.3 Å². The van der Waals surface area contributed by atoms with Crippen molar-refractivity contribution in [1.29, 1.82) is 0 Å². The summed E-state index contributed by atoms with van der Waals surface area (Å²) < 4.78 is 0. The van der Waals surface area contributed by atoms with Crippen molar-refractivity contribution in [2.75, 3.05) is 0 Å². The molecule has 0 spiro atoms. The minimum atomic E-state index is -0.269. The zero-order valence-corrected chi connectivity index (χ0v) is 13.1. The molecule has 0 aliphatic heterocycles. The summed E-state index contributed by atoms with van der Waals surface area (Å²) in [5.41, 5.74) is 6.12. The molecule has 6 rings (SSSR count). The highest BCUT2D eigenvalue weighted by Gasteiger charge is 2.80. The zero-order chi connectivity index (χ0) is 15.9. The van der Waals surface area contributed by atoms with Crippen LogP contribution in [-0.2, 0) is 0 Å². The Labute approximate surface area is 141 Å². The fourth-order valence-corrected chi connectivity index (χ4v) is 5.69. The molecular formula is C23H16O. The molecular weight excluding hydrogens is 292 g/mol. The molecule has 0 aromatic heterocycles. The van der Waals surface area contributed by atoms with Crippen molar-refractivity contribution >= 4 is 5.78 Å². The van der Waals surface area contributed by atoms with E-state index in [0.717, 1.165) is 5.56 Å². The van der Waals surface area contributed by atoms with Gasteiger partial charge in [0.1, 0.15) is 0 Å². The molecule has 1 fully saturated rings. The number of Topliss-reactive ketones (excluding diaryl/α,β-unsaturated/α-hetero) is 1. The first kappa shape index (κ1) is 12.7. The Morgan fingerprint density at radius 3 is 1.62 bits per heavy atom. The fourth-order valence-electron chi connectivity index (χ4n) is 5.69. The van der Waals surface area contributed by atoms with Gasteiger partial charge in [0, 0.05) is 23.3 Å². The molecule has 3 aliphatic carbocycles. The predicted molar refractivity (Wildman–Crippen MR) is 93.4 cm³/mol. The topological polar surface area (TPSA) is 17.1 Å². The molecule has 1 saturated carbocycles. The highest BCUT2D eigenvalue weighted by molar-refractivity contribution is 6.08. The summed E-state index contributed by atoms with van der Waals surface area (Å²) in [7, 11) is 0. The van der Waals surface area contributed by atoms with E-state index >= 15 is 0 Å². The van der Waals surface area contributed by atoms with E-state index < -0.39 is 0 Å². The number of ketones is 1. The van der Waals surface area contributed by atoms with Gasteiger partial charge in [0.15, 0.2) is 5.78 Å². The lowest BCUT2D eigenvalue weighted by atomic mass is 9.80. The van der Waals surface area contributed by atoms with Crippen LogP contribution in [0.25, 0.3) is 0 Å². The van der Waals surface area contributed by atoms with Crippen molar-refractivity contribution in [2.45, 2.75) is 17.8 Å². The van der Waals surface area contributed by atoms with Crippen LogP contribution in [0.4, 0.5) is 0 Å². The van der Waals surface area contributed by atoms with Gasteiger partial charge < -0.3 is 0 Å². The Morgan fingerprint density at radius 2 is 1.08 bits per heavy atom. The maximum absolute atomic E-state index is 13.6. The number of benzene rings is 3. The Kier molecular flexibility index (Phi) is 2.14. The molecule has 3 aromatic carbocycles. The normalized spacial score (nSPS) is 30.4. The summed E-state index contributed by atoms with van der Waals surface area (Å²) in [4.78, 5) is 13.6. The first-order valence-electron chi connectivity index (χ1n) is 8.62. The molecule has 1 nitrogen and oxygen atoms in total. The zero-order valence-electron chi connectivity index (χ0n) is 13.1. The van der Waals surface area contributed by atoms with Crippen molar-refractivity contribution in [2.24, 2.45) is 5.41 Å². The van der Waals surface area contributed by atoms with Crippen LogP contribution < -0.4 is 0 Å². The first-order valence-corrected chi connectivity index (χ1v) is 8.62. The molecule has 1 heteroatoms. The second kappa shape index (κ2) is 4.05. The average Bonchev–Trinajstić information content (AvgIpc) is 3.16. The molecule has 3 aromatic rings. The van der Waals surface area contributed by atoms with Gasteiger partial charge in [-0.15, -0.1) is 0 Å². The maximum atomic E-state index is 13.6. The predicted octanol–water partition coefficient (Wildman–Crippen LogP) is 4.90. The van der Waals surface area contributed by atoms with Gasteiger partial charge in [0.2, 0.25) is 0 Å². The minimum absolute atomic E-state index is 0.229. The highest BCUT2D eigenvalue weighted by atomic mass is 16.1. The molecule has 24 heavy (non-hydrogen) atoms. The average molecular weight is 308 g/mol. The van der Waals surface area contributed by atoms with Crippen LogP contribution in [0.15, 0.2) is 78.9 Å². The smallest absolute Gasteiger partial charge is 0.171 e. The SMILES string of the molecule is O=C(c1ccccc1)C12C3c4ccccc4C1C2c1ccccc13. The van der Waals surface area contributed by atoms with E-state index in [9.17, 15) is 4.79 Å². The van der Waals surface area contributed by atoms with Crippen LogP contribution in [0.3, 0.4) is 0 Å². The van der Waals surface area contributed by atoms with E-state index in [0.29, 0.717) is 17.6 Å². The van der Waals surface area contributed by atoms with Crippen LogP contribution in [0.2, 0.25) is 0 Å². The molecule has 0 heterocycles.